The van der Waals surface area contributed by atoms with Gasteiger partial charge in [0, 0.05) is 24.1 Å². The molecule has 178 valence electrons. The average Bonchev–Trinajstić information content (AvgIpc) is 2.76. The molecule has 1 saturated heterocycles. The highest BCUT2D eigenvalue weighted by molar-refractivity contribution is 5.73. The van der Waals surface area contributed by atoms with Crippen molar-refractivity contribution in [1.82, 2.24) is 0 Å². The van der Waals surface area contributed by atoms with Crippen molar-refractivity contribution < 1.29 is 59.9 Å². The van der Waals surface area contributed by atoms with Crippen molar-refractivity contribution >= 4 is 5.97 Å². The number of rotatable bonds is 4. The van der Waals surface area contributed by atoms with E-state index >= 15 is 0 Å². The number of aromatic hydroxyl groups is 3. The lowest BCUT2D eigenvalue weighted by molar-refractivity contribution is -0.271. The first-order valence-corrected chi connectivity index (χ1v) is 9.88. The van der Waals surface area contributed by atoms with Gasteiger partial charge in [0.15, 0.2) is 17.6 Å². The molecule has 0 saturated carbocycles. The minimum absolute atomic E-state index is 0.0255. The molecule has 2 aromatic rings. The molecule has 0 radical (unpaired) electrons. The molecule has 1 fully saturated rings. The third-order valence-electron chi connectivity index (χ3n) is 5.57. The van der Waals surface area contributed by atoms with E-state index in [2.05, 4.69) is 0 Å². The fourth-order valence-corrected chi connectivity index (χ4v) is 3.81. The van der Waals surface area contributed by atoms with Gasteiger partial charge in [-0.25, -0.2) is 4.79 Å². The molecule has 0 aliphatic carbocycles. The van der Waals surface area contributed by atoms with Crippen LogP contribution in [0.1, 0.15) is 17.2 Å². The summed E-state index contributed by atoms with van der Waals surface area (Å²) < 4.78 is 16.3. The van der Waals surface area contributed by atoms with E-state index in [1.165, 1.54) is 24.3 Å². The second-order valence-corrected chi connectivity index (χ2v) is 7.83. The molecule has 2 aromatic carbocycles. The maximum Gasteiger partial charge on any atom is 0.335 e. The van der Waals surface area contributed by atoms with Gasteiger partial charge < -0.3 is 55.1 Å². The maximum atomic E-state index is 11.3. The first-order chi connectivity index (χ1) is 15.6. The van der Waals surface area contributed by atoms with Crippen LogP contribution in [0.3, 0.4) is 0 Å². The number of phenols is 3. The number of phenolic OH excluding ortho intramolecular Hbond substituents is 3. The lowest BCUT2D eigenvalue weighted by atomic mass is 9.94. The molecule has 0 bridgehead atoms. The van der Waals surface area contributed by atoms with Crippen molar-refractivity contribution in [1.29, 1.82) is 0 Å². The van der Waals surface area contributed by atoms with E-state index in [4.69, 9.17) is 19.3 Å². The Morgan fingerprint density at radius 1 is 0.909 bits per heavy atom. The van der Waals surface area contributed by atoms with Gasteiger partial charge in [0.1, 0.15) is 41.7 Å². The topological polar surface area (TPSA) is 207 Å². The van der Waals surface area contributed by atoms with E-state index in [0.29, 0.717) is 5.56 Å². The van der Waals surface area contributed by atoms with Gasteiger partial charge in [0.25, 0.3) is 0 Å². The molecule has 2 heterocycles. The van der Waals surface area contributed by atoms with Crippen LogP contribution < -0.4 is 9.47 Å². The summed E-state index contributed by atoms with van der Waals surface area (Å²) in [5.41, 5.74) is 0.597. The van der Waals surface area contributed by atoms with Crippen molar-refractivity contribution in [3.8, 4) is 28.7 Å². The fourth-order valence-electron chi connectivity index (χ4n) is 3.81. The second-order valence-electron chi connectivity index (χ2n) is 7.83. The minimum atomic E-state index is -1.89. The van der Waals surface area contributed by atoms with E-state index in [1.807, 2.05) is 0 Å². The Kier molecular flexibility index (Phi) is 5.95. The fraction of sp³-hybridized carbons (Fsp3) is 0.381. The molecule has 12 nitrogen and oxygen atoms in total. The molecule has 0 amide bonds. The van der Waals surface area contributed by atoms with Gasteiger partial charge in [0.05, 0.1) is 6.10 Å². The monoisotopic (exact) mass is 466 g/mol. The Hall–Kier alpha value is -3.29. The highest BCUT2D eigenvalue weighted by Gasteiger charge is 2.48. The molecule has 4 rings (SSSR count). The van der Waals surface area contributed by atoms with Crippen LogP contribution in [0.4, 0.5) is 0 Å². The van der Waals surface area contributed by atoms with E-state index in [-0.39, 0.29) is 35.0 Å². The zero-order valence-electron chi connectivity index (χ0n) is 16.8. The number of aliphatic carboxylic acids is 1. The third kappa shape index (κ3) is 4.21. The van der Waals surface area contributed by atoms with Crippen LogP contribution in [0.2, 0.25) is 0 Å². The molecule has 2 aliphatic heterocycles. The number of hydrogen-bond donors (Lipinski definition) is 8. The second kappa shape index (κ2) is 8.57. The van der Waals surface area contributed by atoms with E-state index in [1.54, 1.807) is 0 Å². The summed E-state index contributed by atoms with van der Waals surface area (Å²) in [5.74, 6) is -2.69. The first kappa shape index (κ1) is 22.9. The van der Waals surface area contributed by atoms with Crippen LogP contribution in [0.5, 0.6) is 28.7 Å². The Morgan fingerprint density at radius 3 is 2.30 bits per heavy atom. The van der Waals surface area contributed by atoms with Gasteiger partial charge in [-0.15, -0.1) is 0 Å². The van der Waals surface area contributed by atoms with Gasteiger partial charge in [-0.2, -0.15) is 0 Å². The smallest absolute Gasteiger partial charge is 0.335 e. The molecular formula is C21H22O12. The van der Waals surface area contributed by atoms with E-state index < -0.39 is 54.6 Å². The van der Waals surface area contributed by atoms with Crippen molar-refractivity contribution in [3.63, 3.8) is 0 Å². The molecule has 0 aromatic heterocycles. The minimum Gasteiger partial charge on any atom is -0.507 e. The summed E-state index contributed by atoms with van der Waals surface area (Å²) in [6, 6.07) is 6.33. The van der Waals surface area contributed by atoms with Crippen molar-refractivity contribution in [2.24, 2.45) is 0 Å². The number of ether oxygens (including phenoxy) is 3. The van der Waals surface area contributed by atoms with Gasteiger partial charge in [-0.05, 0) is 17.7 Å². The number of aliphatic hydroxyl groups excluding tert-OH is 4. The molecule has 7 atom stereocenters. The summed E-state index contributed by atoms with van der Waals surface area (Å²) in [5, 5.41) is 79.1. The van der Waals surface area contributed by atoms with Crippen molar-refractivity contribution in [3.05, 3.63) is 41.5 Å². The van der Waals surface area contributed by atoms with Crippen molar-refractivity contribution in [2.75, 3.05) is 0 Å². The first-order valence-electron chi connectivity index (χ1n) is 9.88. The normalized spacial score (nSPS) is 31.3. The SMILES string of the molecule is O=C(O)[C@H]1O[C@@H](Oc2cc(O)c3c(c2)O[C@H](c2ccc(O)c(O)c2)[C@H](O)C3)[C@H](O)[C@@H](O)[C@@H]1O. The number of aliphatic hydroxyl groups is 4. The predicted octanol–water partition coefficient (Wildman–Crippen LogP) is -0.889. The summed E-state index contributed by atoms with van der Waals surface area (Å²) >= 11 is 0. The molecule has 2 aliphatic rings. The number of fused-ring (bicyclic) bond motifs is 1. The molecule has 33 heavy (non-hydrogen) atoms. The van der Waals surface area contributed by atoms with Crippen LogP contribution in [0, 0.1) is 0 Å². The standard InChI is InChI=1S/C21H22O12/c22-10-2-1-7(3-12(10)24)18-13(25)6-9-11(23)4-8(5-14(9)32-18)31-21-17(28)15(26)16(27)19(33-21)20(29)30/h1-5,13,15-19,21-28H,6H2,(H,29,30)/t13-,15+,16+,17-,18-,19+,21-/m1/s1. The molecule has 12 heteroatoms. The Bertz CT molecular complexity index is 1060. The van der Waals surface area contributed by atoms with Crippen LogP contribution in [0.15, 0.2) is 30.3 Å². The van der Waals surface area contributed by atoms with Crippen LogP contribution in [-0.2, 0) is 16.0 Å². The van der Waals surface area contributed by atoms with Crippen LogP contribution in [-0.4, -0.2) is 83.6 Å². The summed E-state index contributed by atoms with van der Waals surface area (Å²) in [4.78, 5) is 11.3. The summed E-state index contributed by atoms with van der Waals surface area (Å²) in [6.07, 6.45) is -11.2. The highest BCUT2D eigenvalue weighted by atomic mass is 16.7. The van der Waals surface area contributed by atoms with E-state index in [0.717, 1.165) is 6.07 Å². The third-order valence-corrected chi connectivity index (χ3v) is 5.57. The van der Waals surface area contributed by atoms with Gasteiger partial charge in [-0.3, -0.25) is 0 Å². The van der Waals surface area contributed by atoms with Gasteiger partial charge in [-0.1, -0.05) is 6.07 Å². The maximum absolute atomic E-state index is 11.3. The number of carboxylic acids is 1. The zero-order valence-corrected chi connectivity index (χ0v) is 16.8. The van der Waals surface area contributed by atoms with Crippen LogP contribution >= 0.6 is 0 Å². The van der Waals surface area contributed by atoms with Gasteiger partial charge in [0.2, 0.25) is 6.29 Å². The van der Waals surface area contributed by atoms with E-state index in [9.17, 15) is 40.5 Å². The predicted molar refractivity (Wildman–Crippen MR) is 106 cm³/mol. The van der Waals surface area contributed by atoms with Crippen molar-refractivity contribution in [2.45, 2.75) is 49.3 Å². The molecule has 0 spiro atoms. The van der Waals surface area contributed by atoms with Crippen LogP contribution in [0.25, 0.3) is 0 Å². The Labute approximate surface area is 186 Å². The lowest BCUT2D eigenvalue weighted by Gasteiger charge is -2.38. The summed E-state index contributed by atoms with van der Waals surface area (Å²) in [6.45, 7) is 0. The largest absolute Gasteiger partial charge is 0.507 e. The quantitative estimate of drug-likeness (QED) is 0.258. The number of benzene rings is 2. The molecule has 8 N–H and O–H groups in total. The highest BCUT2D eigenvalue weighted by Crippen LogP contribution is 2.43. The average molecular weight is 466 g/mol. The van der Waals surface area contributed by atoms with Gasteiger partial charge >= 0.3 is 5.97 Å². The number of carboxylic acid groups (broad SMARTS) is 1. The Balaban J connectivity index is 1.60. The summed E-state index contributed by atoms with van der Waals surface area (Å²) in [7, 11) is 0. The number of carbonyl (C=O) groups is 1. The molecular weight excluding hydrogens is 444 g/mol. The number of hydrogen-bond acceptors (Lipinski definition) is 11. The molecule has 0 unspecified atom stereocenters. The lowest BCUT2D eigenvalue weighted by Crippen LogP contribution is -2.61. The zero-order chi connectivity index (χ0) is 24.0. The Morgan fingerprint density at radius 2 is 1.64 bits per heavy atom.